The van der Waals surface area contributed by atoms with Gasteiger partial charge in [-0.1, -0.05) is 12.1 Å². The van der Waals surface area contributed by atoms with E-state index >= 15 is 0 Å². The summed E-state index contributed by atoms with van der Waals surface area (Å²) in [5.74, 6) is -0.341. The van der Waals surface area contributed by atoms with Crippen LogP contribution in [0.3, 0.4) is 0 Å². The lowest BCUT2D eigenvalue weighted by Gasteiger charge is -2.20. The van der Waals surface area contributed by atoms with Gasteiger partial charge >= 0.3 is 6.09 Å². The number of carbonyl (C=O) groups excluding carboxylic acids is 2. The molecule has 0 aliphatic rings. The number of carbonyl (C=O) groups is 2. The summed E-state index contributed by atoms with van der Waals surface area (Å²) in [6.07, 6.45) is 0.748. The minimum atomic E-state index is -2.86. The largest absolute Gasteiger partial charge is 0.444 e. The number of hydrogen-bond donors (Lipinski definition) is 3. The minimum absolute atomic E-state index is 0.341. The van der Waals surface area contributed by atoms with E-state index in [4.69, 9.17) is 9.52 Å². The molecule has 3 N–H and O–H groups in total. The average molecular weight is 528 g/mol. The standard InChI is InChI=1S/C25H25N3O4S3/c1-25(2,3)32-24(30)28-18-9-7-15(20-6-5-11-33-20)13-19(18)27-23(29)22-14-16-12-17(35(4,26)31)8-10-21(16)34-22/h5-14,26H,1-4H3,(H,27,29)(H,28,30). The molecule has 4 aromatic rings. The third kappa shape index (κ3) is 6.08. The molecular weight excluding hydrogens is 502 g/mol. The van der Waals surface area contributed by atoms with Gasteiger partial charge in [-0.05, 0) is 79.6 Å². The van der Waals surface area contributed by atoms with Crippen LogP contribution in [0.5, 0.6) is 0 Å². The molecule has 2 amide bonds. The van der Waals surface area contributed by atoms with Gasteiger partial charge in [-0.15, -0.1) is 22.7 Å². The smallest absolute Gasteiger partial charge is 0.412 e. The maximum Gasteiger partial charge on any atom is 0.412 e. The van der Waals surface area contributed by atoms with E-state index in [-0.39, 0.29) is 5.91 Å². The lowest BCUT2D eigenvalue weighted by molar-refractivity contribution is 0.0635. The maximum absolute atomic E-state index is 13.2. The lowest BCUT2D eigenvalue weighted by atomic mass is 10.1. The fraction of sp³-hybridized carbons (Fsp3) is 0.200. The third-order valence-corrected chi connectivity index (χ3v) is 8.06. The van der Waals surface area contributed by atoms with Crippen molar-refractivity contribution in [2.45, 2.75) is 31.3 Å². The van der Waals surface area contributed by atoms with Gasteiger partial charge < -0.3 is 10.1 Å². The second-order valence-electron chi connectivity index (χ2n) is 8.97. The second kappa shape index (κ2) is 9.44. The summed E-state index contributed by atoms with van der Waals surface area (Å²) >= 11 is 2.87. The van der Waals surface area contributed by atoms with Gasteiger partial charge in [-0.25, -0.2) is 13.8 Å². The van der Waals surface area contributed by atoms with Crippen molar-refractivity contribution in [3.63, 3.8) is 0 Å². The SMILES string of the molecule is CC(C)(C)OC(=O)Nc1ccc(-c2cccs2)cc1NC(=O)c1cc2cc(S(C)(=N)=O)ccc2s1. The van der Waals surface area contributed by atoms with Gasteiger partial charge in [0, 0.05) is 20.7 Å². The van der Waals surface area contributed by atoms with E-state index < -0.39 is 21.4 Å². The normalized spacial score (nSPS) is 13.3. The second-order valence-corrected chi connectivity index (χ2v) is 13.2. The van der Waals surface area contributed by atoms with Crippen LogP contribution in [0.4, 0.5) is 16.2 Å². The molecule has 0 fully saturated rings. The zero-order chi connectivity index (χ0) is 25.4. The van der Waals surface area contributed by atoms with Crippen LogP contribution < -0.4 is 10.6 Å². The van der Waals surface area contributed by atoms with Crippen LogP contribution in [0, 0.1) is 4.78 Å². The molecule has 0 aliphatic carbocycles. The molecule has 2 aromatic heterocycles. The predicted octanol–water partition coefficient (Wildman–Crippen LogP) is 7.26. The van der Waals surface area contributed by atoms with Crippen LogP contribution >= 0.6 is 22.7 Å². The van der Waals surface area contributed by atoms with Crippen molar-refractivity contribution >= 4 is 65.9 Å². The number of amides is 2. The summed E-state index contributed by atoms with van der Waals surface area (Å²) in [6.45, 7) is 5.33. The Labute approximate surface area is 212 Å². The van der Waals surface area contributed by atoms with E-state index in [1.54, 1.807) is 62.4 Å². The fourth-order valence-electron chi connectivity index (χ4n) is 3.33. The average Bonchev–Trinajstić information content (AvgIpc) is 3.42. The maximum atomic E-state index is 13.2. The van der Waals surface area contributed by atoms with Crippen molar-refractivity contribution in [2.24, 2.45) is 0 Å². The molecule has 0 bridgehead atoms. The quantitative estimate of drug-likeness (QED) is 0.254. The number of anilines is 2. The lowest BCUT2D eigenvalue weighted by Crippen LogP contribution is -2.27. The van der Waals surface area contributed by atoms with Crippen molar-refractivity contribution in [1.82, 2.24) is 0 Å². The molecule has 35 heavy (non-hydrogen) atoms. The molecular formula is C25H25N3O4S3. The molecule has 7 nitrogen and oxygen atoms in total. The number of ether oxygens (including phenoxy) is 1. The molecule has 0 radical (unpaired) electrons. The van der Waals surface area contributed by atoms with E-state index in [9.17, 15) is 13.8 Å². The number of hydrogen-bond acceptors (Lipinski definition) is 7. The molecule has 0 spiro atoms. The summed E-state index contributed by atoms with van der Waals surface area (Å²) in [5, 5.41) is 8.36. The van der Waals surface area contributed by atoms with Gasteiger partial charge in [0.25, 0.3) is 5.91 Å². The monoisotopic (exact) mass is 527 g/mol. The van der Waals surface area contributed by atoms with E-state index in [1.165, 1.54) is 17.6 Å². The summed E-state index contributed by atoms with van der Waals surface area (Å²) in [7, 11) is -2.86. The van der Waals surface area contributed by atoms with Gasteiger partial charge in [0.05, 0.1) is 26.0 Å². The number of thiophene rings is 2. The molecule has 0 saturated heterocycles. The number of fused-ring (bicyclic) bond motifs is 1. The summed E-state index contributed by atoms with van der Waals surface area (Å²) < 4.78 is 26.1. The van der Waals surface area contributed by atoms with Gasteiger partial charge in [-0.2, -0.15) is 0 Å². The Balaban J connectivity index is 1.66. The highest BCUT2D eigenvalue weighted by atomic mass is 32.2. The van der Waals surface area contributed by atoms with Gasteiger partial charge in [0.1, 0.15) is 5.60 Å². The van der Waals surface area contributed by atoms with Crippen molar-refractivity contribution in [3.05, 3.63) is 64.9 Å². The van der Waals surface area contributed by atoms with Crippen LogP contribution in [0.2, 0.25) is 0 Å². The van der Waals surface area contributed by atoms with E-state index in [2.05, 4.69) is 10.6 Å². The number of nitrogens with one attached hydrogen (secondary N) is 3. The van der Waals surface area contributed by atoms with Gasteiger partial charge in [-0.3, -0.25) is 10.1 Å². The highest BCUT2D eigenvalue weighted by Crippen LogP contribution is 2.34. The first-order valence-corrected chi connectivity index (χ1v) is 14.3. The van der Waals surface area contributed by atoms with E-state index in [0.717, 1.165) is 20.5 Å². The Bertz CT molecular complexity index is 1520. The van der Waals surface area contributed by atoms with Crippen molar-refractivity contribution < 1.29 is 18.5 Å². The fourth-order valence-corrected chi connectivity index (χ4v) is 5.67. The molecule has 1 atom stereocenters. The highest BCUT2D eigenvalue weighted by molar-refractivity contribution is 7.91. The zero-order valence-corrected chi connectivity index (χ0v) is 22.1. The first-order chi connectivity index (χ1) is 16.4. The number of rotatable bonds is 5. The summed E-state index contributed by atoms with van der Waals surface area (Å²) in [6, 6.07) is 16.2. The topological polar surface area (TPSA) is 108 Å². The van der Waals surface area contributed by atoms with E-state index in [1.807, 2.05) is 29.6 Å². The highest BCUT2D eigenvalue weighted by Gasteiger charge is 2.19. The Morgan fingerprint density at radius 2 is 1.77 bits per heavy atom. The first-order valence-electron chi connectivity index (χ1n) is 10.7. The third-order valence-electron chi connectivity index (χ3n) is 4.87. The first kappa shape index (κ1) is 24.9. The predicted molar refractivity (Wildman–Crippen MR) is 144 cm³/mol. The van der Waals surface area contributed by atoms with Crippen LogP contribution in [-0.4, -0.2) is 28.1 Å². The molecule has 0 aliphatic heterocycles. The van der Waals surface area contributed by atoms with Gasteiger partial charge in [0.2, 0.25) is 0 Å². The molecule has 2 heterocycles. The summed E-state index contributed by atoms with van der Waals surface area (Å²) in [4.78, 5) is 27.5. The van der Waals surface area contributed by atoms with Crippen molar-refractivity contribution in [1.29, 1.82) is 4.78 Å². The Morgan fingerprint density at radius 1 is 1.00 bits per heavy atom. The van der Waals surface area contributed by atoms with Crippen LogP contribution in [0.1, 0.15) is 30.4 Å². The molecule has 2 aromatic carbocycles. The van der Waals surface area contributed by atoms with E-state index in [0.29, 0.717) is 21.1 Å². The Kier molecular flexibility index (Phi) is 6.72. The van der Waals surface area contributed by atoms with Crippen LogP contribution in [0.15, 0.2) is 64.9 Å². The van der Waals surface area contributed by atoms with Gasteiger partial charge in [0.15, 0.2) is 0 Å². The van der Waals surface area contributed by atoms with Crippen molar-refractivity contribution in [3.8, 4) is 10.4 Å². The summed E-state index contributed by atoms with van der Waals surface area (Å²) in [5.41, 5.74) is 1.09. The number of benzene rings is 2. The molecule has 1 unspecified atom stereocenters. The van der Waals surface area contributed by atoms with Crippen LogP contribution in [-0.2, 0) is 14.5 Å². The molecule has 0 saturated carbocycles. The Morgan fingerprint density at radius 3 is 2.43 bits per heavy atom. The molecule has 10 heteroatoms. The Hall–Kier alpha value is -3.21. The van der Waals surface area contributed by atoms with Crippen LogP contribution in [0.25, 0.3) is 20.5 Å². The minimum Gasteiger partial charge on any atom is -0.444 e. The zero-order valence-electron chi connectivity index (χ0n) is 19.6. The van der Waals surface area contributed by atoms with Crippen molar-refractivity contribution in [2.75, 3.05) is 16.9 Å². The molecule has 182 valence electrons. The molecule has 4 rings (SSSR count).